The summed E-state index contributed by atoms with van der Waals surface area (Å²) < 4.78 is 0. The van der Waals surface area contributed by atoms with Crippen LogP contribution in [0.15, 0.2) is 46.9 Å². The summed E-state index contributed by atoms with van der Waals surface area (Å²) in [6.07, 6.45) is 2.63. The number of thiophene rings is 1. The normalized spacial score (nSPS) is 19.9. The van der Waals surface area contributed by atoms with E-state index in [0.29, 0.717) is 25.3 Å². The van der Waals surface area contributed by atoms with Gasteiger partial charge in [0.2, 0.25) is 12.2 Å². The molecule has 5 rings (SSSR count). The van der Waals surface area contributed by atoms with Crippen LogP contribution in [0.1, 0.15) is 54.8 Å². The number of rotatable bonds is 9. The number of nitrogens with one attached hydrogen (secondary N) is 1. The van der Waals surface area contributed by atoms with Crippen molar-refractivity contribution in [1.82, 2.24) is 20.1 Å². The number of amidine groups is 1. The molecule has 0 spiro atoms. The van der Waals surface area contributed by atoms with E-state index in [9.17, 15) is 9.59 Å². The average molecular weight is 509 g/mol. The molecule has 1 atom stereocenters. The van der Waals surface area contributed by atoms with Crippen LogP contribution >= 0.6 is 11.3 Å². The van der Waals surface area contributed by atoms with Crippen LogP contribution in [0.2, 0.25) is 0 Å². The second-order valence-corrected chi connectivity index (χ2v) is 11.1. The molecule has 0 radical (unpaired) electrons. The highest BCUT2D eigenvalue weighted by Gasteiger charge is 2.43. The number of amides is 2. The summed E-state index contributed by atoms with van der Waals surface area (Å²) >= 11 is 1.49. The quantitative estimate of drug-likeness (QED) is 0.558. The summed E-state index contributed by atoms with van der Waals surface area (Å²) in [5, 5.41) is 6.58. The molecule has 4 heterocycles. The topological polar surface area (TPSA) is 71.5 Å². The molecule has 1 aromatic carbocycles. The Labute approximate surface area is 217 Å². The Morgan fingerprint density at radius 3 is 2.67 bits per heavy atom. The number of carbonyl (C=O) groups is 2. The molecule has 1 N–H and O–H groups in total. The van der Waals surface area contributed by atoms with Gasteiger partial charge in [0, 0.05) is 52.1 Å². The average Bonchev–Trinajstić information content (AvgIpc) is 3.52. The third-order valence-electron chi connectivity index (χ3n) is 7.20. The first kappa shape index (κ1) is 24.8. The Hall–Kier alpha value is -2.91. The van der Waals surface area contributed by atoms with E-state index >= 15 is 0 Å². The third-order valence-corrected chi connectivity index (χ3v) is 8.09. The molecule has 9 heteroatoms. The van der Waals surface area contributed by atoms with Crippen molar-refractivity contribution in [1.29, 1.82) is 0 Å². The fourth-order valence-electron chi connectivity index (χ4n) is 5.11. The molecule has 0 bridgehead atoms. The summed E-state index contributed by atoms with van der Waals surface area (Å²) in [5.41, 5.74) is 5.44. The van der Waals surface area contributed by atoms with E-state index < -0.39 is 0 Å². The number of fused-ring (bicyclic) bond motifs is 3. The predicted molar refractivity (Wildman–Crippen MR) is 144 cm³/mol. The lowest BCUT2D eigenvalue weighted by molar-refractivity contribution is -0.133. The van der Waals surface area contributed by atoms with Crippen molar-refractivity contribution in [3.8, 4) is 0 Å². The Kier molecular flexibility index (Phi) is 7.57. The highest BCUT2D eigenvalue weighted by Crippen LogP contribution is 2.37. The molecule has 192 valence electrons. The Morgan fingerprint density at radius 2 is 1.92 bits per heavy atom. The molecule has 1 fully saturated rings. The van der Waals surface area contributed by atoms with Gasteiger partial charge in [0.15, 0.2) is 0 Å². The number of benzene rings is 1. The van der Waals surface area contributed by atoms with Crippen LogP contribution in [0.5, 0.6) is 0 Å². The number of nitrogens with zero attached hydrogens (tertiary/aromatic N) is 5. The van der Waals surface area contributed by atoms with Crippen molar-refractivity contribution >= 4 is 34.7 Å². The fraction of sp³-hybridized carbons (Fsp3) is 0.519. The van der Waals surface area contributed by atoms with Gasteiger partial charge in [-0.05, 0) is 35.8 Å². The molecular weight excluding hydrogens is 472 g/mol. The zero-order valence-corrected chi connectivity index (χ0v) is 22.0. The Balaban J connectivity index is 1.12. The zero-order chi connectivity index (χ0) is 25.1. The van der Waals surface area contributed by atoms with Crippen molar-refractivity contribution in [2.45, 2.75) is 52.4 Å². The largest absolute Gasteiger partial charge is 0.340 e. The number of hydrogen-bond acceptors (Lipinski definition) is 7. The molecule has 0 saturated carbocycles. The van der Waals surface area contributed by atoms with Crippen LogP contribution in [-0.4, -0.2) is 71.4 Å². The SMILES string of the molecule is CC(C)CCN1C(=O)c2sccc2N2C(CCCC(=O)N3CCN(Cc4ccccc4)CC3)=NNC12. The van der Waals surface area contributed by atoms with Gasteiger partial charge in [-0.3, -0.25) is 29.7 Å². The molecule has 2 aromatic rings. The van der Waals surface area contributed by atoms with E-state index in [4.69, 9.17) is 0 Å². The van der Waals surface area contributed by atoms with Crippen molar-refractivity contribution in [3.05, 3.63) is 52.2 Å². The molecule has 8 nitrogen and oxygen atoms in total. The molecule has 1 unspecified atom stereocenters. The van der Waals surface area contributed by atoms with Gasteiger partial charge in [0.25, 0.3) is 5.91 Å². The van der Waals surface area contributed by atoms with E-state index in [1.54, 1.807) is 0 Å². The van der Waals surface area contributed by atoms with Crippen molar-refractivity contribution in [2.24, 2.45) is 11.0 Å². The Morgan fingerprint density at radius 1 is 1.14 bits per heavy atom. The van der Waals surface area contributed by atoms with Gasteiger partial charge in [0.05, 0.1) is 5.69 Å². The summed E-state index contributed by atoms with van der Waals surface area (Å²) in [4.78, 5) is 35.3. The molecule has 3 aliphatic rings. The summed E-state index contributed by atoms with van der Waals surface area (Å²) in [7, 11) is 0. The molecule has 3 aliphatic heterocycles. The minimum absolute atomic E-state index is 0.0763. The summed E-state index contributed by atoms with van der Waals surface area (Å²) in [5.74, 6) is 1.72. The highest BCUT2D eigenvalue weighted by molar-refractivity contribution is 7.12. The number of carbonyl (C=O) groups excluding carboxylic acids is 2. The first-order chi connectivity index (χ1) is 17.5. The Bertz CT molecular complexity index is 1090. The maximum atomic E-state index is 13.1. The van der Waals surface area contributed by atoms with Gasteiger partial charge < -0.3 is 4.90 Å². The fourth-order valence-corrected chi connectivity index (χ4v) is 5.95. The number of anilines is 1. The zero-order valence-electron chi connectivity index (χ0n) is 21.2. The number of hydrogen-bond donors (Lipinski definition) is 1. The number of piperazine rings is 1. The highest BCUT2D eigenvalue weighted by atomic mass is 32.1. The predicted octanol–water partition coefficient (Wildman–Crippen LogP) is 3.77. The van der Waals surface area contributed by atoms with Gasteiger partial charge in [-0.1, -0.05) is 44.2 Å². The van der Waals surface area contributed by atoms with Crippen LogP contribution in [0.3, 0.4) is 0 Å². The second kappa shape index (κ2) is 11.0. The third kappa shape index (κ3) is 5.27. The molecular formula is C27H36N6O2S. The lowest BCUT2D eigenvalue weighted by atomic mass is 10.1. The minimum Gasteiger partial charge on any atom is -0.340 e. The summed E-state index contributed by atoms with van der Waals surface area (Å²) in [6.45, 7) is 9.37. The van der Waals surface area contributed by atoms with Gasteiger partial charge in [0.1, 0.15) is 10.7 Å². The van der Waals surface area contributed by atoms with Gasteiger partial charge in [-0.15, -0.1) is 11.3 Å². The van der Waals surface area contributed by atoms with E-state index in [1.807, 2.05) is 27.3 Å². The molecule has 1 saturated heterocycles. The van der Waals surface area contributed by atoms with Crippen LogP contribution in [0, 0.1) is 5.92 Å². The van der Waals surface area contributed by atoms with E-state index in [2.05, 4.69) is 58.4 Å². The second-order valence-electron chi connectivity index (χ2n) is 10.2. The lowest BCUT2D eigenvalue weighted by Gasteiger charge is -2.40. The summed E-state index contributed by atoms with van der Waals surface area (Å²) in [6, 6.07) is 12.5. The van der Waals surface area contributed by atoms with Gasteiger partial charge in [-0.25, -0.2) is 0 Å². The molecule has 1 aromatic heterocycles. The van der Waals surface area contributed by atoms with Gasteiger partial charge in [-0.2, -0.15) is 5.10 Å². The van der Waals surface area contributed by atoms with Crippen molar-refractivity contribution in [3.63, 3.8) is 0 Å². The molecule has 0 aliphatic carbocycles. The number of hydrazone groups is 1. The monoisotopic (exact) mass is 508 g/mol. The van der Waals surface area contributed by atoms with Crippen molar-refractivity contribution in [2.75, 3.05) is 37.6 Å². The maximum Gasteiger partial charge on any atom is 0.269 e. The van der Waals surface area contributed by atoms with Crippen LogP contribution in [0.4, 0.5) is 5.69 Å². The van der Waals surface area contributed by atoms with Crippen LogP contribution in [0.25, 0.3) is 0 Å². The molecule has 36 heavy (non-hydrogen) atoms. The first-order valence-corrected chi connectivity index (χ1v) is 13.9. The first-order valence-electron chi connectivity index (χ1n) is 13.0. The van der Waals surface area contributed by atoms with Gasteiger partial charge >= 0.3 is 0 Å². The van der Waals surface area contributed by atoms with Crippen molar-refractivity contribution < 1.29 is 9.59 Å². The van der Waals surface area contributed by atoms with E-state index in [0.717, 1.165) is 62.0 Å². The van der Waals surface area contributed by atoms with Crippen LogP contribution < -0.4 is 10.3 Å². The van der Waals surface area contributed by atoms with Crippen LogP contribution in [-0.2, 0) is 11.3 Å². The smallest absolute Gasteiger partial charge is 0.269 e. The van der Waals surface area contributed by atoms with E-state index in [-0.39, 0.29) is 18.1 Å². The minimum atomic E-state index is -0.276. The lowest BCUT2D eigenvalue weighted by Crippen LogP contribution is -2.58. The standard InChI is InChI=1S/C27H36N6O2S/c1-20(2)11-13-32-26(35)25-22(12-18-36-25)33-23(28-29-27(32)33)9-6-10-24(34)31-16-14-30(15-17-31)19-21-7-4-3-5-8-21/h3-5,7-8,12,18,20,27,29H,6,9-11,13-17,19H2,1-2H3. The maximum absolute atomic E-state index is 13.1. The van der Waals surface area contributed by atoms with E-state index in [1.165, 1.54) is 16.9 Å². The molecule has 2 amide bonds.